The van der Waals surface area contributed by atoms with E-state index >= 15 is 0 Å². The molecular formula is C6H13NO3. The summed E-state index contributed by atoms with van der Waals surface area (Å²) in [6, 6.07) is 0. The average Bonchev–Trinajstić information content (AvgIpc) is 1.87. The lowest BCUT2D eigenvalue weighted by Crippen LogP contribution is -2.21. The van der Waals surface area contributed by atoms with Gasteiger partial charge < -0.3 is 9.84 Å². The molecule has 0 fully saturated rings. The van der Waals surface area contributed by atoms with E-state index in [1.165, 1.54) is 0 Å². The number of hydrogen-bond donors (Lipinski definition) is 2. The van der Waals surface area contributed by atoms with Crippen LogP contribution in [0.5, 0.6) is 0 Å². The van der Waals surface area contributed by atoms with Crippen LogP contribution in [0.3, 0.4) is 0 Å². The molecule has 4 heteroatoms. The molecule has 0 aliphatic rings. The molecule has 4 nitrogen and oxygen atoms in total. The van der Waals surface area contributed by atoms with Crippen LogP contribution in [0.4, 0.5) is 0 Å². The van der Waals surface area contributed by atoms with Crippen molar-refractivity contribution >= 4 is 5.97 Å². The van der Waals surface area contributed by atoms with E-state index in [-0.39, 0.29) is 6.61 Å². The number of ether oxygens (including phenoxy) is 1. The van der Waals surface area contributed by atoms with Crippen molar-refractivity contribution in [3.8, 4) is 0 Å². The SMILES string of the molecule is CCCNCOCC(=O)O. The summed E-state index contributed by atoms with van der Waals surface area (Å²) in [4.78, 5) is 9.88. The molecule has 0 spiro atoms. The number of rotatable bonds is 6. The quantitative estimate of drug-likeness (QED) is 0.411. The number of carboxylic acids is 1. The first-order valence-corrected chi connectivity index (χ1v) is 3.27. The van der Waals surface area contributed by atoms with Gasteiger partial charge in [-0.3, -0.25) is 5.32 Å². The van der Waals surface area contributed by atoms with Crippen LogP contribution in [0, 0.1) is 0 Å². The number of carboxylic acid groups (broad SMARTS) is 1. The number of hydrogen-bond acceptors (Lipinski definition) is 3. The van der Waals surface area contributed by atoms with E-state index in [4.69, 9.17) is 5.11 Å². The van der Waals surface area contributed by atoms with Crippen LogP contribution in [0.15, 0.2) is 0 Å². The van der Waals surface area contributed by atoms with Crippen LogP contribution >= 0.6 is 0 Å². The normalized spacial score (nSPS) is 9.70. The van der Waals surface area contributed by atoms with Crippen LogP contribution in [-0.4, -0.2) is 31.0 Å². The molecule has 60 valence electrons. The van der Waals surface area contributed by atoms with E-state index in [0.29, 0.717) is 6.73 Å². The lowest BCUT2D eigenvalue weighted by Gasteiger charge is -2.00. The van der Waals surface area contributed by atoms with Gasteiger partial charge >= 0.3 is 5.97 Å². The van der Waals surface area contributed by atoms with Crippen molar-refractivity contribution in [2.75, 3.05) is 19.9 Å². The number of nitrogens with one attached hydrogen (secondary N) is 1. The Morgan fingerprint density at radius 3 is 2.90 bits per heavy atom. The summed E-state index contributed by atoms with van der Waals surface area (Å²) in [7, 11) is 0. The third-order valence-corrected chi connectivity index (χ3v) is 0.856. The molecule has 0 aromatic rings. The minimum atomic E-state index is -0.932. The zero-order valence-corrected chi connectivity index (χ0v) is 6.09. The smallest absolute Gasteiger partial charge is 0.329 e. The van der Waals surface area contributed by atoms with Crippen molar-refractivity contribution in [1.82, 2.24) is 5.32 Å². The predicted octanol–water partition coefficient (Wildman–Crippen LogP) is 0.0447. The van der Waals surface area contributed by atoms with Gasteiger partial charge in [0, 0.05) is 0 Å². The molecule has 0 rings (SSSR count). The minimum absolute atomic E-state index is 0.225. The largest absolute Gasteiger partial charge is 0.480 e. The molecular weight excluding hydrogens is 134 g/mol. The summed E-state index contributed by atoms with van der Waals surface area (Å²) in [5, 5.41) is 11.0. The van der Waals surface area contributed by atoms with Crippen LogP contribution in [0.25, 0.3) is 0 Å². The molecule has 2 N–H and O–H groups in total. The van der Waals surface area contributed by atoms with Crippen molar-refractivity contribution in [3.63, 3.8) is 0 Å². The van der Waals surface area contributed by atoms with Gasteiger partial charge in [-0.25, -0.2) is 4.79 Å². The first-order chi connectivity index (χ1) is 4.77. The van der Waals surface area contributed by atoms with Crippen molar-refractivity contribution in [2.45, 2.75) is 13.3 Å². The molecule has 0 saturated carbocycles. The Labute approximate surface area is 60.2 Å². The maximum absolute atomic E-state index is 9.88. The Balaban J connectivity index is 2.84. The van der Waals surface area contributed by atoms with Crippen molar-refractivity contribution in [3.05, 3.63) is 0 Å². The molecule has 0 aromatic heterocycles. The first kappa shape index (κ1) is 9.39. The van der Waals surface area contributed by atoms with Gasteiger partial charge in [-0.05, 0) is 13.0 Å². The highest BCUT2D eigenvalue weighted by Gasteiger charge is 1.93. The summed E-state index contributed by atoms with van der Waals surface area (Å²) in [5.41, 5.74) is 0. The second kappa shape index (κ2) is 6.51. The highest BCUT2D eigenvalue weighted by molar-refractivity contribution is 5.67. The van der Waals surface area contributed by atoms with E-state index in [0.717, 1.165) is 13.0 Å². The molecule has 0 saturated heterocycles. The zero-order valence-electron chi connectivity index (χ0n) is 6.09. The molecule has 10 heavy (non-hydrogen) atoms. The van der Waals surface area contributed by atoms with Crippen LogP contribution in [0.2, 0.25) is 0 Å². The van der Waals surface area contributed by atoms with Gasteiger partial charge in [-0.1, -0.05) is 6.92 Å². The number of aliphatic carboxylic acids is 1. The predicted molar refractivity (Wildman–Crippen MR) is 36.7 cm³/mol. The second-order valence-electron chi connectivity index (χ2n) is 1.89. The first-order valence-electron chi connectivity index (χ1n) is 3.27. The molecule has 0 unspecified atom stereocenters. The molecule has 0 heterocycles. The van der Waals surface area contributed by atoms with Gasteiger partial charge in [-0.15, -0.1) is 0 Å². The molecule has 0 aromatic carbocycles. The van der Waals surface area contributed by atoms with E-state index < -0.39 is 5.97 Å². The third kappa shape index (κ3) is 7.39. The van der Waals surface area contributed by atoms with Crippen molar-refractivity contribution < 1.29 is 14.6 Å². The molecule has 0 atom stereocenters. The van der Waals surface area contributed by atoms with Crippen LogP contribution in [0.1, 0.15) is 13.3 Å². The van der Waals surface area contributed by atoms with E-state index in [1.807, 2.05) is 6.92 Å². The van der Waals surface area contributed by atoms with Gasteiger partial charge in [0.15, 0.2) is 0 Å². The standard InChI is InChI=1S/C6H13NO3/c1-2-3-7-5-10-4-6(8)9/h7H,2-5H2,1H3,(H,8,9). The highest BCUT2D eigenvalue weighted by atomic mass is 16.5. The van der Waals surface area contributed by atoms with Gasteiger partial charge in [-0.2, -0.15) is 0 Å². The maximum atomic E-state index is 9.88. The molecule has 0 bridgehead atoms. The Hall–Kier alpha value is -0.610. The summed E-state index contributed by atoms with van der Waals surface area (Å²) >= 11 is 0. The lowest BCUT2D eigenvalue weighted by molar-refractivity contribution is -0.142. The fourth-order valence-corrected chi connectivity index (χ4v) is 0.459. The Morgan fingerprint density at radius 1 is 1.70 bits per heavy atom. The monoisotopic (exact) mass is 147 g/mol. The van der Waals surface area contributed by atoms with Crippen molar-refractivity contribution in [2.24, 2.45) is 0 Å². The maximum Gasteiger partial charge on any atom is 0.329 e. The van der Waals surface area contributed by atoms with Gasteiger partial charge in [0.05, 0.1) is 6.73 Å². The summed E-state index contributed by atoms with van der Waals surface area (Å²) in [6.45, 7) is 2.99. The summed E-state index contributed by atoms with van der Waals surface area (Å²) in [6.07, 6.45) is 1.02. The lowest BCUT2D eigenvalue weighted by atomic mass is 10.5. The molecule has 0 aliphatic carbocycles. The van der Waals surface area contributed by atoms with Crippen LogP contribution < -0.4 is 5.32 Å². The van der Waals surface area contributed by atoms with E-state index in [1.54, 1.807) is 0 Å². The number of carbonyl (C=O) groups is 1. The molecule has 0 radical (unpaired) electrons. The topological polar surface area (TPSA) is 58.6 Å². The van der Waals surface area contributed by atoms with Gasteiger partial charge in [0.2, 0.25) is 0 Å². The van der Waals surface area contributed by atoms with Crippen molar-refractivity contribution in [1.29, 1.82) is 0 Å². The van der Waals surface area contributed by atoms with Gasteiger partial charge in [0.25, 0.3) is 0 Å². The Morgan fingerprint density at radius 2 is 2.40 bits per heavy atom. The Bertz CT molecular complexity index is 95.0. The fourth-order valence-electron chi connectivity index (χ4n) is 0.459. The van der Waals surface area contributed by atoms with E-state index in [9.17, 15) is 4.79 Å². The fraction of sp³-hybridized carbons (Fsp3) is 0.833. The average molecular weight is 147 g/mol. The van der Waals surface area contributed by atoms with Gasteiger partial charge in [0.1, 0.15) is 6.61 Å². The zero-order chi connectivity index (χ0) is 7.82. The Kier molecular flexibility index (Phi) is 6.11. The van der Waals surface area contributed by atoms with Crippen LogP contribution in [-0.2, 0) is 9.53 Å². The third-order valence-electron chi connectivity index (χ3n) is 0.856. The minimum Gasteiger partial charge on any atom is -0.480 e. The summed E-state index contributed by atoms with van der Waals surface area (Å²) < 4.78 is 4.69. The molecule has 0 aliphatic heterocycles. The molecule has 0 amide bonds. The second-order valence-corrected chi connectivity index (χ2v) is 1.89. The highest BCUT2D eigenvalue weighted by Crippen LogP contribution is 1.72. The summed E-state index contributed by atoms with van der Waals surface area (Å²) in [5.74, 6) is -0.932. The van der Waals surface area contributed by atoms with E-state index in [2.05, 4.69) is 10.1 Å².